The summed E-state index contributed by atoms with van der Waals surface area (Å²) in [6.07, 6.45) is 2.00. The molecule has 3 nitrogen and oxygen atoms in total. The Morgan fingerprint density at radius 3 is 2.58 bits per heavy atom. The number of esters is 1. The van der Waals surface area contributed by atoms with Gasteiger partial charge in [-0.3, -0.25) is 9.59 Å². The van der Waals surface area contributed by atoms with Gasteiger partial charge in [0.1, 0.15) is 11.7 Å². The summed E-state index contributed by atoms with van der Waals surface area (Å²) in [4.78, 5) is 25.2. The predicted molar refractivity (Wildman–Crippen MR) is 98.0 cm³/mol. The molecule has 2 aromatic rings. The van der Waals surface area contributed by atoms with E-state index in [9.17, 15) is 14.0 Å². The summed E-state index contributed by atoms with van der Waals surface area (Å²) in [5.74, 6) is -2.61. The van der Waals surface area contributed by atoms with Crippen LogP contribution in [-0.4, -0.2) is 18.4 Å². The van der Waals surface area contributed by atoms with E-state index >= 15 is 0 Å². The van der Waals surface area contributed by atoms with Gasteiger partial charge in [-0.1, -0.05) is 42.0 Å². The lowest BCUT2D eigenvalue weighted by Gasteiger charge is -2.29. The molecule has 0 fully saturated rings. The van der Waals surface area contributed by atoms with E-state index < -0.39 is 17.8 Å². The third-order valence-electron chi connectivity index (χ3n) is 4.70. The third kappa shape index (κ3) is 3.74. The van der Waals surface area contributed by atoms with E-state index in [0.29, 0.717) is 12.0 Å². The summed E-state index contributed by atoms with van der Waals surface area (Å²) in [5.41, 5.74) is 3.55. The molecule has 0 aliphatic heterocycles. The molecular weight excluding hydrogens is 331 g/mol. The fourth-order valence-electron chi connectivity index (χ4n) is 3.40. The second-order valence-electron chi connectivity index (χ2n) is 6.53. The highest BCUT2D eigenvalue weighted by molar-refractivity contribution is 6.10. The Kier molecular flexibility index (Phi) is 5.31. The first-order valence-corrected chi connectivity index (χ1v) is 8.73. The van der Waals surface area contributed by atoms with Crippen LogP contribution < -0.4 is 0 Å². The van der Waals surface area contributed by atoms with E-state index in [1.165, 1.54) is 18.2 Å². The fourth-order valence-corrected chi connectivity index (χ4v) is 3.40. The van der Waals surface area contributed by atoms with Crippen molar-refractivity contribution in [1.82, 2.24) is 0 Å². The standard InChI is InChI=1S/C22H21FO3/c1-3-26-22(25)21-19(16-5-4-6-18(23)11-16)12-17(13-20(21)24)15-9-7-14(2)8-10-15/h4-11,13,19,21H,3,12H2,1-2H3/t19-,21+/m0/s1. The van der Waals surface area contributed by atoms with E-state index in [1.54, 1.807) is 19.1 Å². The van der Waals surface area contributed by atoms with Crippen molar-refractivity contribution in [1.29, 1.82) is 0 Å². The van der Waals surface area contributed by atoms with Crippen molar-refractivity contribution < 1.29 is 18.7 Å². The topological polar surface area (TPSA) is 43.4 Å². The van der Waals surface area contributed by atoms with Crippen LogP contribution in [0.4, 0.5) is 4.39 Å². The summed E-state index contributed by atoms with van der Waals surface area (Å²) in [6, 6.07) is 14.0. The number of ether oxygens (including phenoxy) is 1. The molecule has 0 saturated carbocycles. The van der Waals surface area contributed by atoms with Gasteiger partial charge in [-0.25, -0.2) is 4.39 Å². The second kappa shape index (κ2) is 7.65. The zero-order chi connectivity index (χ0) is 18.7. The summed E-state index contributed by atoms with van der Waals surface area (Å²) < 4.78 is 18.9. The number of ketones is 1. The van der Waals surface area contributed by atoms with Gasteiger partial charge in [0, 0.05) is 5.92 Å². The molecule has 0 aromatic heterocycles. The van der Waals surface area contributed by atoms with Crippen LogP contribution in [0.3, 0.4) is 0 Å². The molecule has 0 saturated heterocycles. The summed E-state index contributed by atoms with van der Waals surface area (Å²) >= 11 is 0. The zero-order valence-electron chi connectivity index (χ0n) is 14.9. The Morgan fingerprint density at radius 2 is 1.92 bits per heavy atom. The molecule has 4 heteroatoms. The molecule has 1 aliphatic rings. The van der Waals surface area contributed by atoms with Crippen LogP contribution in [0.5, 0.6) is 0 Å². The number of carbonyl (C=O) groups is 2. The van der Waals surface area contributed by atoms with E-state index in [4.69, 9.17) is 4.74 Å². The number of hydrogen-bond acceptors (Lipinski definition) is 3. The Labute approximate surface area is 152 Å². The maximum Gasteiger partial charge on any atom is 0.317 e. The third-order valence-corrected chi connectivity index (χ3v) is 4.70. The van der Waals surface area contributed by atoms with Gasteiger partial charge in [0.15, 0.2) is 5.78 Å². The molecule has 0 radical (unpaired) electrons. The monoisotopic (exact) mass is 352 g/mol. The molecular formula is C22H21FO3. The van der Waals surface area contributed by atoms with Crippen LogP contribution in [0.1, 0.15) is 36.0 Å². The molecule has 2 aromatic carbocycles. The largest absolute Gasteiger partial charge is 0.465 e. The number of hydrogen-bond donors (Lipinski definition) is 0. The first kappa shape index (κ1) is 18.1. The Morgan fingerprint density at radius 1 is 1.19 bits per heavy atom. The Hall–Kier alpha value is -2.75. The van der Waals surface area contributed by atoms with Crippen LogP contribution in [0.15, 0.2) is 54.6 Å². The van der Waals surface area contributed by atoms with Crippen LogP contribution >= 0.6 is 0 Å². The lowest BCUT2D eigenvalue weighted by molar-refractivity contribution is -0.151. The van der Waals surface area contributed by atoms with Crippen molar-refractivity contribution in [3.05, 3.63) is 77.1 Å². The van der Waals surface area contributed by atoms with Gasteiger partial charge in [-0.05, 0) is 55.2 Å². The van der Waals surface area contributed by atoms with Gasteiger partial charge in [0.25, 0.3) is 0 Å². The Balaban J connectivity index is 2.02. The lowest BCUT2D eigenvalue weighted by atomic mass is 9.73. The van der Waals surface area contributed by atoms with Crippen molar-refractivity contribution in [2.75, 3.05) is 6.61 Å². The highest BCUT2D eigenvalue weighted by Crippen LogP contribution is 2.40. The van der Waals surface area contributed by atoms with Crippen molar-refractivity contribution in [2.45, 2.75) is 26.2 Å². The summed E-state index contributed by atoms with van der Waals surface area (Å²) in [6.45, 7) is 3.90. The minimum atomic E-state index is -0.939. The van der Waals surface area contributed by atoms with Crippen LogP contribution in [0.2, 0.25) is 0 Å². The molecule has 2 atom stereocenters. The quantitative estimate of drug-likeness (QED) is 0.603. The van der Waals surface area contributed by atoms with Crippen molar-refractivity contribution >= 4 is 17.3 Å². The summed E-state index contributed by atoms with van der Waals surface area (Å²) in [7, 11) is 0. The van der Waals surface area contributed by atoms with Crippen LogP contribution in [0, 0.1) is 18.7 Å². The molecule has 1 aliphatic carbocycles. The molecule has 134 valence electrons. The van der Waals surface area contributed by atoms with Gasteiger partial charge in [0.05, 0.1) is 6.61 Å². The number of benzene rings is 2. The predicted octanol–water partition coefficient (Wildman–Crippen LogP) is 4.45. The molecule has 3 rings (SSSR count). The van der Waals surface area contributed by atoms with Crippen molar-refractivity contribution in [2.24, 2.45) is 5.92 Å². The van der Waals surface area contributed by atoms with Crippen LogP contribution in [0.25, 0.3) is 5.57 Å². The highest BCUT2D eigenvalue weighted by Gasteiger charge is 2.39. The number of halogens is 1. The van der Waals surface area contributed by atoms with E-state index in [1.807, 2.05) is 31.2 Å². The van der Waals surface area contributed by atoms with E-state index in [-0.39, 0.29) is 18.2 Å². The molecule has 0 N–H and O–H groups in total. The Bertz CT molecular complexity index is 852. The van der Waals surface area contributed by atoms with Gasteiger partial charge >= 0.3 is 5.97 Å². The first-order chi connectivity index (χ1) is 12.5. The molecule has 0 heterocycles. The van der Waals surface area contributed by atoms with Gasteiger partial charge < -0.3 is 4.74 Å². The van der Waals surface area contributed by atoms with Crippen molar-refractivity contribution in [3.63, 3.8) is 0 Å². The molecule has 0 amide bonds. The van der Waals surface area contributed by atoms with Gasteiger partial charge in [-0.15, -0.1) is 0 Å². The van der Waals surface area contributed by atoms with E-state index in [0.717, 1.165) is 16.7 Å². The van der Waals surface area contributed by atoms with Gasteiger partial charge in [0.2, 0.25) is 0 Å². The molecule has 0 unspecified atom stereocenters. The average molecular weight is 352 g/mol. The highest BCUT2D eigenvalue weighted by atomic mass is 19.1. The number of aryl methyl sites for hydroxylation is 1. The fraction of sp³-hybridized carbons (Fsp3) is 0.273. The van der Waals surface area contributed by atoms with E-state index in [2.05, 4.69) is 0 Å². The lowest BCUT2D eigenvalue weighted by Crippen LogP contribution is -2.34. The number of rotatable bonds is 4. The second-order valence-corrected chi connectivity index (χ2v) is 6.53. The van der Waals surface area contributed by atoms with Crippen molar-refractivity contribution in [3.8, 4) is 0 Å². The first-order valence-electron chi connectivity index (χ1n) is 8.73. The minimum absolute atomic E-state index is 0.201. The van der Waals surface area contributed by atoms with Crippen LogP contribution in [-0.2, 0) is 14.3 Å². The maximum absolute atomic E-state index is 13.7. The average Bonchev–Trinajstić information content (AvgIpc) is 2.61. The zero-order valence-corrected chi connectivity index (χ0v) is 14.9. The normalized spacial score (nSPS) is 19.8. The number of carbonyl (C=O) groups excluding carboxylic acids is 2. The molecule has 0 bridgehead atoms. The number of allylic oxidation sites excluding steroid dienone is 2. The molecule has 0 spiro atoms. The maximum atomic E-state index is 13.7. The molecule has 26 heavy (non-hydrogen) atoms. The van der Waals surface area contributed by atoms with Gasteiger partial charge in [-0.2, -0.15) is 0 Å². The minimum Gasteiger partial charge on any atom is -0.465 e. The SMILES string of the molecule is CCOC(=O)[C@H]1C(=O)C=C(c2ccc(C)cc2)C[C@H]1c1cccc(F)c1. The summed E-state index contributed by atoms with van der Waals surface area (Å²) in [5, 5.41) is 0. The smallest absolute Gasteiger partial charge is 0.317 e.